The molecular formula is C20H24N4O. The lowest BCUT2D eigenvalue weighted by Gasteiger charge is -2.09. The summed E-state index contributed by atoms with van der Waals surface area (Å²) in [6.07, 6.45) is 2.10. The van der Waals surface area contributed by atoms with Crippen molar-refractivity contribution >= 4 is 10.9 Å². The van der Waals surface area contributed by atoms with Crippen LogP contribution in [-0.4, -0.2) is 19.9 Å². The first-order chi connectivity index (χ1) is 11.9. The summed E-state index contributed by atoms with van der Waals surface area (Å²) in [4.78, 5) is 29.0. The molecule has 0 aliphatic heterocycles. The SMILES string of the molecule is CCCc1c(C)nc(Cc2nc(C)c3cc(C)c(C)cc3n2)[nH]c1=O. The zero-order valence-corrected chi connectivity index (χ0v) is 15.5. The van der Waals surface area contributed by atoms with Gasteiger partial charge in [0.1, 0.15) is 11.6 Å². The van der Waals surface area contributed by atoms with Crippen molar-refractivity contribution in [1.29, 1.82) is 0 Å². The van der Waals surface area contributed by atoms with Crippen LogP contribution in [0, 0.1) is 27.7 Å². The molecule has 0 unspecified atom stereocenters. The molecule has 0 amide bonds. The molecule has 1 N–H and O–H groups in total. The lowest BCUT2D eigenvalue weighted by atomic mass is 10.1. The van der Waals surface area contributed by atoms with Crippen LogP contribution in [0.5, 0.6) is 0 Å². The molecule has 2 aromatic heterocycles. The first-order valence-corrected chi connectivity index (χ1v) is 8.72. The summed E-state index contributed by atoms with van der Waals surface area (Å²) in [6.45, 7) is 10.1. The lowest BCUT2D eigenvalue weighted by molar-refractivity contribution is 0.816. The zero-order chi connectivity index (χ0) is 18.1. The van der Waals surface area contributed by atoms with E-state index < -0.39 is 0 Å². The summed E-state index contributed by atoms with van der Waals surface area (Å²) in [5.74, 6) is 1.30. The van der Waals surface area contributed by atoms with Crippen molar-refractivity contribution in [3.63, 3.8) is 0 Å². The predicted octanol–water partition coefficient (Wildman–Crippen LogP) is 3.49. The van der Waals surface area contributed by atoms with Crippen LogP contribution in [0.3, 0.4) is 0 Å². The topological polar surface area (TPSA) is 71.5 Å². The summed E-state index contributed by atoms with van der Waals surface area (Å²) in [5, 5.41) is 1.07. The van der Waals surface area contributed by atoms with Crippen LogP contribution in [0.4, 0.5) is 0 Å². The molecule has 3 aromatic rings. The normalized spacial score (nSPS) is 11.2. The zero-order valence-electron chi connectivity index (χ0n) is 15.5. The fourth-order valence-corrected chi connectivity index (χ4v) is 3.13. The van der Waals surface area contributed by atoms with E-state index in [-0.39, 0.29) is 5.56 Å². The summed E-state index contributed by atoms with van der Waals surface area (Å²) in [7, 11) is 0. The summed E-state index contributed by atoms with van der Waals surface area (Å²) >= 11 is 0. The van der Waals surface area contributed by atoms with E-state index in [0.29, 0.717) is 18.1 Å². The highest BCUT2D eigenvalue weighted by Gasteiger charge is 2.11. The van der Waals surface area contributed by atoms with Gasteiger partial charge in [-0.25, -0.2) is 15.0 Å². The van der Waals surface area contributed by atoms with Gasteiger partial charge < -0.3 is 4.98 Å². The highest BCUT2D eigenvalue weighted by molar-refractivity contribution is 5.82. The van der Waals surface area contributed by atoms with Crippen molar-refractivity contribution < 1.29 is 0 Å². The number of nitrogens with one attached hydrogen (secondary N) is 1. The second kappa shape index (κ2) is 6.75. The Morgan fingerprint density at radius 2 is 1.68 bits per heavy atom. The molecule has 0 bridgehead atoms. The number of rotatable bonds is 4. The average Bonchev–Trinajstić information content (AvgIpc) is 2.53. The van der Waals surface area contributed by atoms with E-state index >= 15 is 0 Å². The van der Waals surface area contributed by atoms with E-state index in [9.17, 15) is 4.79 Å². The minimum Gasteiger partial charge on any atom is -0.310 e. The quantitative estimate of drug-likeness (QED) is 0.791. The number of aromatic nitrogens is 4. The van der Waals surface area contributed by atoms with E-state index in [0.717, 1.165) is 40.7 Å². The van der Waals surface area contributed by atoms with Crippen molar-refractivity contribution in [3.8, 4) is 0 Å². The van der Waals surface area contributed by atoms with Crippen molar-refractivity contribution in [1.82, 2.24) is 19.9 Å². The van der Waals surface area contributed by atoms with Crippen LogP contribution in [0.1, 0.15) is 53.1 Å². The predicted molar refractivity (Wildman–Crippen MR) is 100 cm³/mol. The van der Waals surface area contributed by atoms with E-state index in [1.807, 2.05) is 13.8 Å². The second-order valence-electron chi connectivity index (χ2n) is 6.68. The highest BCUT2D eigenvalue weighted by Crippen LogP contribution is 2.20. The lowest BCUT2D eigenvalue weighted by Crippen LogP contribution is -2.19. The number of hydrogen-bond donors (Lipinski definition) is 1. The molecule has 1 aromatic carbocycles. The Bertz CT molecular complexity index is 1000. The van der Waals surface area contributed by atoms with Gasteiger partial charge in [-0.1, -0.05) is 13.3 Å². The van der Waals surface area contributed by atoms with Gasteiger partial charge in [0.25, 0.3) is 5.56 Å². The molecule has 5 heteroatoms. The Morgan fingerprint density at radius 3 is 2.36 bits per heavy atom. The molecular weight excluding hydrogens is 312 g/mol. The first-order valence-electron chi connectivity index (χ1n) is 8.72. The van der Waals surface area contributed by atoms with Gasteiger partial charge in [-0.15, -0.1) is 0 Å². The van der Waals surface area contributed by atoms with Gasteiger partial charge in [0.05, 0.1) is 11.9 Å². The van der Waals surface area contributed by atoms with Gasteiger partial charge >= 0.3 is 0 Å². The number of H-pyrrole nitrogens is 1. The van der Waals surface area contributed by atoms with E-state index in [4.69, 9.17) is 0 Å². The Balaban J connectivity index is 2.01. The van der Waals surface area contributed by atoms with E-state index in [1.54, 1.807) is 0 Å². The Labute approximate surface area is 147 Å². The molecule has 130 valence electrons. The minimum absolute atomic E-state index is 0.0478. The molecule has 0 saturated heterocycles. The van der Waals surface area contributed by atoms with Gasteiger partial charge in [-0.2, -0.15) is 0 Å². The maximum Gasteiger partial charge on any atom is 0.254 e. The van der Waals surface area contributed by atoms with Crippen LogP contribution in [-0.2, 0) is 12.8 Å². The molecule has 5 nitrogen and oxygen atoms in total. The number of nitrogens with zero attached hydrogens (tertiary/aromatic N) is 3. The molecule has 0 fully saturated rings. The number of aromatic amines is 1. The van der Waals surface area contributed by atoms with Crippen LogP contribution >= 0.6 is 0 Å². The van der Waals surface area contributed by atoms with E-state index in [2.05, 4.69) is 52.8 Å². The first kappa shape index (κ1) is 17.3. The maximum atomic E-state index is 12.3. The Morgan fingerprint density at radius 1 is 0.960 bits per heavy atom. The van der Waals surface area contributed by atoms with Gasteiger partial charge in [0, 0.05) is 22.3 Å². The number of aryl methyl sites for hydroxylation is 4. The van der Waals surface area contributed by atoms with Crippen LogP contribution in [0.25, 0.3) is 10.9 Å². The molecule has 0 atom stereocenters. The fourth-order valence-electron chi connectivity index (χ4n) is 3.13. The molecule has 3 rings (SSSR count). The third-order valence-electron chi connectivity index (χ3n) is 4.64. The van der Waals surface area contributed by atoms with Gasteiger partial charge in [-0.05, 0) is 57.4 Å². The number of fused-ring (bicyclic) bond motifs is 1. The molecule has 0 aliphatic rings. The largest absolute Gasteiger partial charge is 0.310 e. The van der Waals surface area contributed by atoms with Crippen molar-refractivity contribution in [3.05, 3.63) is 62.2 Å². The van der Waals surface area contributed by atoms with Gasteiger partial charge in [0.15, 0.2) is 0 Å². The highest BCUT2D eigenvalue weighted by atomic mass is 16.1. The molecule has 25 heavy (non-hydrogen) atoms. The summed E-state index contributed by atoms with van der Waals surface area (Å²) in [6, 6.07) is 4.22. The standard InChI is InChI=1S/C20H24N4O/c1-6-7-15-13(4)21-19(24-20(15)25)10-18-22-14(5)16-8-11(2)12(3)9-17(16)23-18/h8-9H,6-7,10H2,1-5H3,(H,21,24,25). The average molecular weight is 336 g/mol. The Hall–Kier alpha value is -2.56. The van der Waals surface area contributed by atoms with Crippen molar-refractivity contribution in [2.75, 3.05) is 0 Å². The number of benzene rings is 1. The summed E-state index contributed by atoms with van der Waals surface area (Å²) < 4.78 is 0. The number of hydrogen-bond acceptors (Lipinski definition) is 4. The van der Waals surface area contributed by atoms with Crippen molar-refractivity contribution in [2.24, 2.45) is 0 Å². The summed E-state index contributed by atoms with van der Waals surface area (Å²) in [5.41, 5.74) is 5.85. The van der Waals surface area contributed by atoms with Crippen LogP contribution in [0.15, 0.2) is 16.9 Å². The molecule has 2 heterocycles. The van der Waals surface area contributed by atoms with E-state index in [1.165, 1.54) is 11.1 Å². The van der Waals surface area contributed by atoms with Crippen molar-refractivity contribution in [2.45, 2.75) is 53.9 Å². The van der Waals surface area contributed by atoms with Gasteiger partial charge in [-0.3, -0.25) is 4.79 Å². The molecule has 0 radical (unpaired) electrons. The van der Waals surface area contributed by atoms with Gasteiger partial charge in [0.2, 0.25) is 0 Å². The smallest absolute Gasteiger partial charge is 0.254 e. The molecule has 0 spiro atoms. The van der Waals surface area contributed by atoms with Crippen LogP contribution < -0.4 is 5.56 Å². The minimum atomic E-state index is -0.0478. The Kier molecular flexibility index (Phi) is 4.66. The third-order valence-corrected chi connectivity index (χ3v) is 4.64. The fraction of sp³-hybridized carbons (Fsp3) is 0.400. The second-order valence-corrected chi connectivity index (χ2v) is 6.68. The third kappa shape index (κ3) is 3.45. The molecule has 0 saturated carbocycles. The monoisotopic (exact) mass is 336 g/mol. The maximum absolute atomic E-state index is 12.3. The molecule has 0 aliphatic carbocycles. The van der Waals surface area contributed by atoms with Crippen LogP contribution in [0.2, 0.25) is 0 Å².